The van der Waals surface area contributed by atoms with Gasteiger partial charge in [-0.3, -0.25) is 19.7 Å². The molecule has 2 aromatic heterocycles. The van der Waals surface area contributed by atoms with E-state index in [9.17, 15) is 14.4 Å². The molecule has 0 aliphatic heterocycles. The zero-order valence-electron chi connectivity index (χ0n) is 14.1. The van der Waals surface area contributed by atoms with Crippen LogP contribution in [0.2, 0.25) is 0 Å². The Morgan fingerprint density at radius 1 is 1.23 bits per heavy atom. The van der Waals surface area contributed by atoms with Crippen molar-refractivity contribution in [1.29, 1.82) is 0 Å². The number of nitrogens with zero attached hydrogens (tertiary/aromatic N) is 3. The molecule has 0 fully saturated rings. The number of carbonyl (C=O) groups excluding carboxylic acids is 3. The summed E-state index contributed by atoms with van der Waals surface area (Å²) in [5.74, 6) is 0.0713. The second-order valence-electron chi connectivity index (χ2n) is 4.89. The van der Waals surface area contributed by atoms with Gasteiger partial charge >= 0.3 is 5.97 Å². The van der Waals surface area contributed by atoms with E-state index in [0.717, 1.165) is 23.1 Å². The van der Waals surface area contributed by atoms with Crippen molar-refractivity contribution in [3.8, 4) is 0 Å². The summed E-state index contributed by atoms with van der Waals surface area (Å²) in [4.78, 5) is 34.9. The number of esters is 1. The fraction of sp³-hybridized carbons (Fsp3) is 0.429. The van der Waals surface area contributed by atoms with Crippen LogP contribution in [0.25, 0.3) is 0 Å². The predicted octanol–water partition coefficient (Wildman–Crippen LogP) is 1.25. The second kappa shape index (κ2) is 9.87. The Bertz CT molecular complexity index is 775. The molecule has 0 spiro atoms. The third-order valence-corrected chi connectivity index (χ3v) is 4.45. The highest BCUT2D eigenvalue weighted by Gasteiger charge is 2.13. The number of hydrogen-bond acceptors (Lipinski definition) is 10. The summed E-state index contributed by atoms with van der Waals surface area (Å²) >= 11 is 2.24. The SMILES string of the molecule is CCOC(=O)Cc1nnc(NC(=O)CSCC(=O)Nc2cc(C)on2)s1. The minimum absolute atomic E-state index is 0.0117. The van der Waals surface area contributed by atoms with Gasteiger partial charge in [-0.05, 0) is 13.8 Å². The topological polar surface area (TPSA) is 136 Å². The number of carbonyl (C=O) groups is 3. The van der Waals surface area contributed by atoms with Gasteiger partial charge in [-0.25, -0.2) is 0 Å². The van der Waals surface area contributed by atoms with Crippen molar-refractivity contribution in [3.63, 3.8) is 0 Å². The Kier molecular flexibility index (Phi) is 7.53. The average Bonchev–Trinajstić information content (AvgIpc) is 3.16. The van der Waals surface area contributed by atoms with Gasteiger partial charge in [-0.15, -0.1) is 22.0 Å². The summed E-state index contributed by atoms with van der Waals surface area (Å²) < 4.78 is 9.65. The first-order chi connectivity index (χ1) is 12.5. The number of ether oxygens (including phenoxy) is 1. The predicted molar refractivity (Wildman–Crippen MR) is 96.1 cm³/mol. The van der Waals surface area contributed by atoms with Gasteiger partial charge < -0.3 is 14.6 Å². The van der Waals surface area contributed by atoms with Crippen molar-refractivity contribution in [3.05, 3.63) is 16.8 Å². The molecule has 26 heavy (non-hydrogen) atoms. The van der Waals surface area contributed by atoms with Gasteiger partial charge in [-0.2, -0.15) is 0 Å². The number of nitrogens with one attached hydrogen (secondary N) is 2. The fourth-order valence-electron chi connectivity index (χ4n) is 1.71. The van der Waals surface area contributed by atoms with Crippen LogP contribution in [-0.4, -0.2) is 51.3 Å². The zero-order valence-corrected chi connectivity index (χ0v) is 15.7. The molecular weight excluding hydrogens is 382 g/mol. The van der Waals surface area contributed by atoms with E-state index in [2.05, 4.69) is 26.0 Å². The molecule has 10 nitrogen and oxygen atoms in total. The molecule has 2 amide bonds. The molecule has 0 aliphatic carbocycles. The molecule has 0 saturated carbocycles. The summed E-state index contributed by atoms with van der Waals surface area (Å²) in [5.41, 5.74) is 0. The van der Waals surface area contributed by atoms with E-state index in [1.165, 1.54) is 0 Å². The first kappa shape index (κ1) is 19.8. The number of thioether (sulfide) groups is 1. The molecule has 0 saturated heterocycles. The molecule has 0 aliphatic rings. The lowest BCUT2D eigenvalue weighted by atomic mass is 10.5. The van der Waals surface area contributed by atoms with Gasteiger partial charge in [0.2, 0.25) is 16.9 Å². The molecule has 2 rings (SSSR count). The first-order valence-corrected chi connectivity index (χ1v) is 9.52. The Morgan fingerprint density at radius 2 is 1.96 bits per heavy atom. The van der Waals surface area contributed by atoms with Crippen LogP contribution >= 0.6 is 23.1 Å². The van der Waals surface area contributed by atoms with Crippen molar-refractivity contribution >= 4 is 51.8 Å². The smallest absolute Gasteiger partial charge is 0.312 e. The van der Waals surface area contributed by atoms with Crippen molar-refractivity contribution in [2.24, 2.45) is 0 Å². The van der Waals surface area contributed by atoms with Crippen molar-refractivity contribution in [2.75, 3.05) is 28.7 Å². The van der Waals surface area contributed by atoms with Crippen LogP contribution in [0.3, 0.4) is 0 Å². The maximum Gasteiger partial charge on any atom is 0.312 e. The van der Waals surface area contributed by atoms with Crippen LogP contribution < -0.4 is 10.6 Å². The van der Waals surface area contributed by atoms with Crippen LogP contribution in [0.15, 0.2) is 10.6 Å². The van der Waals surface area contributed by atoms with E-state index < -0.39 is 5.97 Å². The van der Waals surface area contributed by atoms with Crippen LogP contribution in [0.1, 0.15) is 17.7 Å². The molecule has 2 heterocycles. The van der Waals surface area contributed by atoms with E-state index in [1.807, 2.05) is 0 Å². The van der Waals surface area contributed by atoms with E-state index in [0.29, 0.717) is 23.2 Å². The largest absolute Gasteiger partial charge is 0.466 e. The van der Waals surface area contributed by atoms with Gasteiger partial charge in [0.1, 0.15) is 10.8 Å². The van der Waals surface area contributed by atoms with Gasteiger partial charge in [0.25, 0.3) is 0 Å². The number of amides is 2. The van der Waals surface area contributed by atoms with Crippen LogP contribution in [0.5, 0.6) is 0 Å². The van der Waals surface area contributed by atoms with E-state index in [-0.39, 0.29) is 34.9 Å². The van der Waals surface area contributed by atoms with Gasteiger partial charge in [0.15, 0.2) is 5.82 Å². The molecule has 0 radical (unpaired) electrons. The molecular formula is C14H17N5O5S2. The van der Waals surface area contributed by atoms with Gasteiger partial charge in [0.05, 0.1) is 24.5 Å². The molecule has 12 heteroatoms. The lowest BCUT2D eigenvalue weighted by molar-refractivity contribution is -0.142. The molecule has 2 aromatic rings. The summed E-state index contributed by atoms with van der Waals surface area (Å²) in [6, 6.07) is 1.60. The van der Waals surface area contributed by atoms with Crippen LogP contribution in [0, 0.1) is 6.92 Å². The monoisotopic (exact) mass is 399 g/mol. The van der Waals surface area contributed by atoms with Crippen molar-refractivity contribution < 1.29 is 23.6 Å². The molecule has 0 bridgehead atoms. The first-order valence-electron chi connectivity index (χ1n) is 7.55. The minimum Gasteiger partial charge on any atom is -0.466 e. The Morgan fingerprint density at radius 3 is 2.62 bits per heavy atom. The number of aromatic nitrogens is 3. The highest BCUT2D eigenvalue weighted by atomic mass is 32.2. The van der Waals surface area contributed by atoms with E-state index in [4.69, 9.17) is 9.26 Å². The second-order valence-corrected chi connectivity index (χ2v) is 6.94. The fourth-order valence-corrected chi connectivity index (χ4v) is 3.07. The third-order valence-electron chi connectivity index (χ3n) is 2.68. The zero-order chi connectivity index (χ0) is 18.9. The summed E-state index contributed by atoms with van der Waals surface area (Å²) in [6.45, 7) is 3.73. The Labute approximate surface area is 157 Å². The quantitative estimate of drug-likeness (QED) is 0.597. The highest BCUT2D eigenvalue weighted by Crippen LogP contribution is 2.16. The summed E-state index contributed by atoms with van der Waals surface area (Å²) in [6.07, 6.45) is 0.0117. The highest BCUT2D eigenvalue weighted by molar-refractivity contribution is 8.00. The summed E-state index contributed by atoms with van der Waals surface area (Å²) in [5, 5.41) is 17.1. The van der Waals surface area contributed by atoms with Gasteiger partial charge in [0, 0.05) is 6.07 Å². The normalized spacial score (nSPS) is 10.4. The number of rotatable bonds is 9. The number of aryl methyl sites for hydroxylation is 1. The van der Waals surface area contributed by atoms with Crippen molar-refractivity contribution in [1.82, 2.24) is 15.4 Å². The standard InChI is InChI=1S/C14H17N5O5S2/c1-3-23-13(22)5-12-17-18-14(26-12)16-11(21)7-25-6-10(20)15-9-4-8(2)24-19-9/h4H,3,5-7H2,1-2H3,(H,15,19,20)(H,16,18,21). The number of anilines is 2. The number of hydrogen-bond donors (Lipinski definition) is 2. The Hall–Kier alpha value is -2.47. The summed E-state index contributed by atoms with van der Waals surface area (Å²) in [7, 11) is 0. The third kappa shape index (κ3) is 6.80. The average molecular weight is 399 g/mol. The molecule has 0 aromatic carbocycles. The van der Waals surface area contributed by atoms with Crippen LogP contribution in [-0.2, 0) is 25.5 Å². The molecule has 0 atom stereocenters. The van der Waals surface area contributed by atoms with Gasteiger partial charge in [-0.1, -0.05) is 16.5 Å². The maximum absolute atomic E-state index is 11.8. The maximum atomic E-state index is 11.8. The lowest BCUT2D eigenvalue weighted by Crippen LogP contribution is -2.18. The molecule has 2 N–H and O–H groups in total. The van der Waals surface area contributed by atoms with Crippen LogP contribution in [0.4, 0.5) is 10.9 Å². The Balaban J connectivity index is 1.67. The van der Waals surface area contributed by atoms with E-state index >= 15 is 0 Å². The molecule has 140 valence electrons. The molecule has 0 unspecified atom stereocenters. The minimum atomic E-state index is -0.398. The van der Waals surface area contributed by atoms with Crippen molar-refractivity contribution in [2.45, 2.75) is 20.3 Å². The lowest BCUT2D eigenvalue weighted by Gasteiger charge is -2.02. The van der Waals surface area contributed by atoms with E-state index in [1.54, 1.807) is 19.9 Å².